The Morgan fingerprint density at radius 3 is 2.95 bits per heavy atom. The number of nitrogens with zero attached hydrogens (tertiary/aromatic N) is 3. The normalized spacial score (nSPS) is 11.0. The van der Waals surface area contributed by atoms with Crippen molar-refractivity contribution >= 4 is 17.1 Å². The van der Waals surface area contributed by atoms with Gasteiger partial charge in [0.15, 0.2) is 5.65 Å². The van der Waals surface area contributed by atoms with E-state index in [1.54, 1.807) is 19.4 Å². The second-order valence-corrected chi connectivity index (χ2v) is 4.15. The van der Waals surface area contributed by atoms with Crippen LogP contribution in [0.5, 0.6) is 5.88 Å². The summed E-state index contributed by atoms with van der Waals surface area (Å²) in [5.74, 6) is 1.90. The minimum atomic E-state index is 0.447. The van der Waals surface area contributed by atoms with E-state index in [4.69, 9.17) is 14.9 Å². The molecule has 2 N–H and O–H groups in total. The quantitative estimate of drug-likeness (QED) is 0.772. The number of hydrogen-bond acceptors (Lipinski definition) is 5. The molecule has 0 aromatic carbocycles. The van der Waals surface area contributed by atoms with Crippen molar-refractivity contribution in [2.75, 3.05) is 12.8 Å². The number of imidazole rings is 1. The third-order valence-electron chi connectivity index (χ3n) is 2.97. The zero-order valence-corrected chi connectivity index (χ0v) is 10.5. The maximum absolute atomic E-state index is 5.92. The maximum atomic E-state index is 5.92. The maximum Gasteiger partial charge on any atom is 0.215 e. The van der Waals surface area contributed by atoms with Gasteiger partial charge in [0.1, 0.15) is 11.3 Å². The first-order valence-corrected chi connectivity index (χ1v) is 5.97. The molecule has 0 atom stereocenters. The molecule has 0 bridgehead atoms. The fourth-order valence-corrected chi connectivity index (χ4v) is 2.01. The number of methoxy groups -OCH3 is 1. The lowest BCUT2D eigenvalue weighted by Gasteiger charge is -2.05. The Kier molecular flexibility index (Phi) is 2.83. The van der Waals surface area contributed by atoms with Gasteiger partial charge in [-0.2, -0.15) is 4.98 Å². The van der Waals surface area contributed by atoms with Crippen LogP contribution in [0.25, 0.3) is 11.2 Å². The van der Waals surface area contributed by atoms with Crippen LogP contribution in [0, 0.1) is 0 Å². The van der Waals surface area contributed by atoms with E-state index in [-0.39, 0.29) is 0 Å². The average Bonchev–Trinajstić information content (AvgIpc) is 3.03. The topological polar surface area (TPSA) is 79.1 Å². The Hall–Kier alpha value is -2.50. The fourth-order valence-electron chi connectivity index (χ4n) is 2.01. The van der Waals surface area contributed by atoms with Crippen LogP contribution in [0.4, 0.5) is 5.95 Å². The zero-order valence-electron chi connectivity index (χ0n) is 10.5. The number of aryl methyl sites for hydroxylation is 2. The summed E-state index contributed by atoms with van der Waals surface area (Å²) >= 11 is 0. The van der Waals surface area contributed by atoms with E-state index in [0.29, 0.717) is 18.4 Å². The van der Waals surface area contributed by atoms with Crippen LogP contribution in [0.3, 0.4) is 0 Å². The van der Waals surface area contributed by atoms with Gasteiger partial charge in [0, 0.05) is 19.0 Å². The molecule has 0 radical (unpaired) electrons. The van der Waals surface area contributed by atoms with Crippen molar-refractivity contribution in [2.24, 2.45) is 0 Å². The smallest absolute Gasteiger partial charge is 0.215 e. The summed E-state index contributed by atoms with van der Waals surface area (Å²) in [6.07, 6.45) is 2.40. The van der Waals surface area contributed by atoms with Crippen LogP contribution < -0.4 is 10.5 Å². The van der Waals surface area contributed by atoms with E-state index in [9.17, 15) is 0 Å². The van der Waals surface area contributed by atoms with Gasteiger partial charge in [-0.25, -0.2) is 4.98 Å². The van der Waals surface area contributed by atoms with Gasteiger partial charge in [0.05, 0.1) is 13.4 Å². The number of pyridine rings is 1. The molecule has 0 aliphatic carbocycles. The SMILES string of the molecule is COc1ccc2nc(N)n(CCc3ccco3)c2n1. The molecule has 98 valence electrons. The van der Waals surface area contributed by atoms with Gasteiger partial charge >= 0.3 is 0 Å². The summed E-state index contributed by atoms with van der Waals surface area (Å²) < 4.78 is 12.3. The molecule has 0 fully saturated rings. The molecule has 3 heterocycles. The molecule has 3 rings (SSSR count). The molecule has 0 spiro atoms. The van der Waals surface area contributed by atoms with Crippen molar-refractivity contribution in [3.8, 4) is 5.88 Å². The van der Waals surface area contributed by atoms with Gasteiger partial charge in [0.25, 0.3) is 0 Å². The molecule has 0 saturated heterocycles. The lowest BCUT2D eigenvalue weighted by atomic mass is 10.3. The fraction of sp³-hybridized carbons (Fsp3) is 0.231. The largest absolute Gasteiger partial charge is 0.481 e. The van der Waals surface area contributed by atoms with Gasteiger partial charge in [-0.15, -0.1) is 0 Å². The monoisotopic (exact) mass is 258 g/mol. The molecule has 0 unspecified atom stereocenters. The molecule has 6 nitrogen and oxygen atoms in total. The third-order valence-corrected chi connectivity index (χ3v) is 2.97. The van der Waals surface area contributed by atoms with E-state index in [1.807, 2.05) is 22.8 Å². The number of nitrogen functional groups attached to an aromatic ring is 1. The first-order valence-electron chi connectivity index (χ1n) is 5.97. The molecule has 0 aliphatic heterocycles. The molecule has 3 aromatic rings. The Bertz CT molecular complexity index is 688. The summed E-state index contributed by atoms with van der Waals surface area (Å²) in [5, 5.41) is 0. The minimum Gasteiger partial charge on any atom is -0.481 e. The van der Waals surface area contributed by atoms with E-state index in [0.717, 1.165) is 23.3 Å². The molecule has 0 saturated carbocycles. The lowest BCUT2D eigenvalue weighted by Crippen LogP contribution is -2.06. The third kappa shape index (κ3) is 2.12. The van der Waals surface area contributed by atoms with Crippen LogP contribution in [-0.4, -0.2) is 21.6 Å². The van der Waals surface area contributed by atoms with Crippen LogP contribution in [0.15, 0.2) is 34.9 Å². The second kappa shape index (κ2) is 4.64. The Labute approximate surface area is 109 Å². The molecule has 0 aliphatic rings. The van der Waals surface area contributed by atoms with Gasteiger partial charge in [-0.3, -0.25) is 4.57 Å². The van der Waals surface area contributed by atoms with Crippen molar-refractivity contribution in [1.29, 1.82) is 0 Å². The standard InChI is InChI=1S/C13H14N4O2/c1-18-11-5-4-10-12(16-11)17(13(14)15-10)7-6-9-3-2-8-19-9/h2-5,8H,6-7H2,1H3,(H2,14,15). The minimum absolute atomic E-state index is 0.447. The summed E-state index contributed by atoms with van der Waals surface area (Å²) in [6.45, 7) is 0.663. The summed E-state index contributed by atoms with van der Waals surface area (Å²) in [4.78, 5) is 8.66. The average molecular weight is 258 g/mol. The second-order valence-electron chi connectivity index (χ2n) is 4.15. The lowest BCUT2D eigenvalue weighted by molar-refractivity contribution is 0.399. The summed E-state index contributed by atoms with van der Waals surface area (Å²) in [7, 11) is 1.58. The van der Waals surface area contributed by atoms with Crippen molar-refractivity contribution in [3.05, 3.63) is 36.3 Å². The molecular formula is C13H14N4O2. The van der Waals surface area contributed by atoms with Gasteiger partial charge in [0.2, 0.25) is 11.8 Å². The first kappa shape index (κ1) is 11.6. The highest BCUT2D eigenvalue weighted by molar-refractivity contribution is 5.74. The van der Waals surface area contributed by atoms with Crippen LogP contribution in [-0.2, 0) is 13.0 Å². The van der Waals surface area contributed by atoms with Crippen molar-refractivity contribution < 1.29 is 9.15 Å². The van der Waals surface area contributed by atoms with E-state index < -0.39 is 0 Å². The van der Waals surface area contributed by atoms with Gasteiger partial charge < -0.3 is 14.9 Å². The number of hydrogen-bond donors (Lipinski definition) is 1. The van der Waals surface area contributed by atoms with Crippen molar-refractivity contribution in [3.63, 3.8) is 0 Å². The highest BCUT2D eigenvalue weighted by Crippen LogP contribution is 2.19. The van der Waals surface area contributed by atoms with E-state index in [1.165, 1.54) is 0 Å². The molecule has 3 aromatic heterocycles. The molecular weight excluding hydrogens is 244 g/mol. The first-order chi connectivity index (χ1) is 9.28. The number of rotatable bonds is 4. The number of ether oxygens (including phenoxy) is 1. The van der Waals surface area contributed by atoms with Crippen molar-refractivity contribution in [1.82, 2.24) is 14.5 Å². The summed E-state index contributed by atoms with van der Waals surface area (Å²) in [5.41, 5.74) is 7.41. The molecule has 6 heteroatoms. The van der Waals surface area contributed by atoms with Gasteiger partial charge in [-0.1, -0.05) is 0 Å². The van der Waals surface area contributed by atoms with Crippen LogP contribution >= 0.6 is 0 Å². The Balaban J connectivity index is 1.94. The number of nitrogens with two attached hydrogens (primary N) is 1. The van der Waals surface area contributed by atoms with Crippen LogP contribution in [0.2, 0.25) is 0 Å². The van der Waals surface area contributed by atoms with Crippen molar-refractivity contribution in [2.45, 2.75) is 13.0 Å². The van der Waals surface area contributed by atoms with Gasteiger partial charge in [-0.05, 0) is 18.2 Å². The van der Waals surface area contributed by atoms with Crippen LogP contribution in [0.1, 0.15) is 5.76 Å². The Morgan fingerprint density at radius 1 is 1.32 bits per heavy atom. The highest BCUT2D eigenvalue weighted by Gasteiger charge is 2.11. The Morgan fingerprint density at radius 2 is 2.21 bits per heavy atom. The highest BCUT2D eigenvalue weighted by atomic mass is 16.5. The number of anilines is 1. The zero-order chi connectivity index (χ0) is 13.2. The molecule has 0 amide bonds. The van der Waals surface area contributed by atoms with E-state index >= 15 is 0 Å². The van der Waals surface area contributed by atoms with E-state index in [2.05, 4.69) is 9.97 Å². The summed E-state index contributed by atoms with van der Waals surface area (Å²) in [6, 6.07) is 7.42. The number of furan rings is 1. The molecule has 19 heavy (non-hydrogen) atoms. The predicted molar refractivity (Wildman–Crippen MR) is 70.9 cm³/mol. The predicted octanol–water partition coefficient (Wildman–Crippen LogP) is 1.86. The number of fused-ring (bicyclic) bond motifs is 1. The number of aromatic nitrogens is 3.